The highest BCUT2D eigenvalue weighted by atomic mass is 15.2. The molecule has 3 N–H and O–H groups in total. The molecule has 1 aliphatic carbocycles. The summed E-state index contributed by atoms with van der Waals surface area (Å²) in [7, 11) is 6.52. The van der Waals surface area contributed by atoms with Crippen LogP contribution in [0.1, 0.15) is 37.7 Å². The summed E-state index contributed by atoms with van der Waals surface area (Å²) in [6.07, 6.45) is 9.37. The Morgan fingerprint density at radius 1 is 1.35 bits per heavy atom. The van der Waals surface area contributed by atoms with E-state index in [0.29, 0.717) is 11.9 Å². The zero-order valence-electron chi connectivity index (χ0n) is 13.0. The predicted molar refractivity (Wildman–Crippen MR) is 84.7 cm³/mol. The van der Waals surface area contributed by atoms with Crippen LogP contribution < -0.4 is 11.1 Å². The molecule has 1 atom stereocenters. The number of nitrogen functional groups attached to an aromatic ring is 1. The topological polar surface area (TPSA) is 54.2 Å². The summed E-state index contributed by atoms with van der Waals surface area (Å²) in [5.41, 5.74) is 7.33. The van der Waals surface area contributed by atoms with E-state index < -0.39 is 0 Å². The van der Waals surface area contributed by atoms with Crippen LogP contribution in [0.4, 0.5) is 5.82 Å². The van der Waals surface area contributed by atoms with Gasteiger partial charge in [-0.05, 0) is 58.1 Å². The molecule has 1 fully saturated rings. The largest absolute Gasteiger partial charge is 0.384 e. The highest BCUT2D eigenvalue weighted by molar-refractivity contribution is 5.32. The Hall–Kier alpha value is -1.13. The molecular weight excluding hydrogens is 248 g/mol. The summed E-state index contributed by atoms with van der Waals surface area (Å²) in [5.74, 6) is 0.611. The van der Waals surface area contributed by atoms with Crippen LogP contribution >= 0.6 is 0 Å². The van der Waals surface area contributed by atoms with Crippen molar-refractivity contribution in [2.45, 2.75) is 50.1 Å². The molecule has 0 bridgehead atoms. The van der Waals surface area contributed by atoms with Crippen LogP contribution in [-0.2, 0) is 6.42 Å². The fourth-order valence-electron chi connectivity index (χ4n) is 3.69. The van der Waals surface area contributed by atoms with Gasteiger partial charge in [-0.15, -0.1) is 0 Å². The van der Waals surface area contributed by atoms with Gasteiger partial charge in [-0.25, -0.2) is 4.98 Å². The minimum atomic E-state index is 0.255. The lowest BCUT2D eigenvalue weighted by molar-refractivity contribution is 0.0598. The summed E-state index contributed by atoms with van der Waals surface area (Å²) in [5, 5.41) is 3.56. The Bertz CT molecular complexity index is 424. The van der Waals surface area contributed by atoms with E-state index in [2.05, 4.69) is 42.4 Å². The van der Waals surface area contributed by atoms with Gasteiger partial charge < -0.3 is 16.0 Å². The molecule has 0 aromatic carbocycles. The molecule has 1 saturated carbocycles. The molecule has 0 spiro atoms. The molecule has 1 unspecified atom stereocenters. The van der Waals surface area contributed by atoms with E-state index in [0.717, 1.165) is 6.42 Å². The Kier molecular flexibility index (Phi) is 5.00. The van der Waals surface area contributed by atoms with Gasteiger partial charge in [0.1, 0.15) is 5.82 Å². The van der Waals surface area contributed by atoms with Crippen molar-refractivity contribution in [1.82, 2.24) is 15.2 Å². The van der Waals surface area contributed by atoms with Gasteiger partial charge in [0.2, 0.25) is 0 Å². The first-order valence-electron chi connectivity index (χ1n) is 7.63. The van der Waals surface area contributed by atoms with Gasteiger partial charge in [-0.1, -0.05) is 19.3 Å². The summed E-state index contributed by atoms with van der Waals surface area (Å²) < 4.78 is 0. The first-order valence-corrected chi connectivity index (χ1v) is 7.63. The molecule has 2 rings (SSSR count). The predicted octanol–water partition coefficient (Wildman–Crippen LogP) is 2.06. The second kappa shape index (κ2) is 6.55. The number of anilines is 1. The van der Waals surface area contributed by atoms with Gasteiger partial charge >= 0.3 is 0 Å². The molecular formula is C16H28N4. The highest BCUT2D eigenvalue weighted by Crippen LogP contribution is 2.36. The SMILES string of the molecule is CNC(Cc1ccnc(N)c1)C1(N(C)C)CCCCC1. The van der Waals surface area contributed by atoms with Gasteiger partial charge in [0.05, 0.1) is 0 Å². The first kappa shape index (κ1) is 15.3. The molecule has 0 aliphatic heterocycles. The summed E-state index contributed by atoms with van der Waals surface area (Å²) >= 11 is 0. The quantitative estimate of drug-likeness (QED) is 0.864. The molecule has 1 aromatic rings. The Morgan fingerprint density at radius 3 is 2.60 bits per heavy atom. The zero-order valence-corrected chi connectivity index (χ0v) is 13.0. The van der Waals surface area contributed by atoms with Crippen LogP contribution in [0.2, 0.25) is 0 Å². The van der Waals surface area contributed by atoms with Crippen LogP contribution in [0.15, 0.2) is 18.3 Å². The molecule has 4 heteroatoms. The van der Waals surface area contributed by atoms with Crippen LogP contribution in [-0.4, -0.2) is 42.6 Å². The van der Waals surface area contributed by atoms with E-state index in [-0.39, 0.29) is 5.54 Å². The number of likely N-dealkylation sites (N-methyl/N-ethyl adjacent to an activating group) is 2. The van der Waals surface area contributed by atoms with Gasteiger partial charge in [0.25, 0.3) is 0 Å². The molecule has 1 heterocycles. The smallest absolute Gasteiger partial charge is 0.123 e. The lowest BCUT2D eigenvalue weighted by atomic mass is 9.73. The maximum absolute atomic E-state index is 5.81. The van der Waals surface area contributed by atoms with E-state index in [9.17, 15) is 0 Å². The van der Waals surface area contributed by atoms with Crippen molar-refractivity contribution >= 4 is 5.82 Å². The molecule has 0 amide bonds. The standard InChI is InChI=1S/C16H28N4/c1-18-14(11-13-7-10-19-15(17)12-13)16(20(2)3)8-5-4-6-9-16/h7,10,12,14,18H,4-6,8-9,11H2,1-3H3,(H2,17,19). The fourth-order valence-corrected chi connectivity index (χ4v) is 3.69. The molecule has 1 aromatic heterocycles. The van der Waals surface area contributed by atoms with Crippen molar-refractivity contribution in [2.24, 2.45) is 0 Å². The maximum Gasteiger partial charge on any atom is 0.123 e. The Morgan fingerprint density at radius 2 is 2.05 bits per heavy atom. The number of pyridine rings is 1. The zero-order chi connectivity index (χ0) is 14.6. The van der Waals surface area contributed by atoms with E-state index >= 15 is 0 Å². The molecule has 1 aliphatic rings. The highest BCUT2D eigenvalue weighted by Gasteiger charge is 2.40. The molecule has 112 valence electrons. The van der Waals surface area contributed by atoms with Crippen LogP contribution in [0.25, 0.3) is 0 Å². The number of nitrogens with one attached hydrogen (secondary N) is 1. The van der Waals surface area contributed by atoms with E-state index in [1.54, 1.807) is 6.20 Å². The Labute approximate surface area is 122 Å². The third kappa shape index (κ3) is 3.13. The summed E-state index contributed by atoms with van der Waals surface area (Å²) in [4.78, 5) is 6.51. The van der Waals surface area contributed by atoms with Crippen LogP contribution in [0.3, 0.4) is 0 Å². The number of nitrogens with zero attached hydrogens (tertiary/aromatic N) is 2. The van der Waals surface area contributed by atoms with Gasteiger partial charge in [0, 0.05) is 17.8 Å². The number of hydrogen-bond donors (Lipinski definition) is 2. The lowest BCUT2D eigenvalue weighted by Crippen LogP contribution is -2.60. The number of hydrogen-bond acceptors (Lipinski definition) is 4. The van der Waals surface area contributed by atoms with Crippen LogP contribution in [0.5, 0.6) is 0 Å². The average molecular weight is 276 g/mol. The van der Waals surface area contributed by atoms with Gasteiger partial charge in [-0.2, -0.15) is 0 Å². The fraction of sp³-hybridized carbons (Fsp3) is 0.688. The normalized spacial score (nSPS) is 20.0. The maximum atomic E-state index is 5.81. The van der Waals surface area contributed by atoms with E-state index in [4.69, 9.17) is 5.73 Å². The second-order valence-electron chi connectivity index (χ2n) is 6.19. The second-order valence-corrected chi connectivity index (χ2v) is 6.19. The number of rotatable bonds is 5. The minimum absolute atomic E-state index is 0.255. The van der Waals surface area contributed by atoms with E-state index in [1.807, 2.05) is 6.07 Å². The number of nitrogens with two attached hydrogens (primary N) is 1. The summed E-state index contributed by atoms with van der Waals surface area (Å²) in [6, 6.07) is 4.52. The number of aromatic nitrogens is 1. The average Bonchev–Trinajstić information content (AvgIpc) is 2.45. The Balaban J connectivity index is 2.20. The molecule has 0 radical (unpaired) electrons. The van der Waals surface area contributed by atoms with Gasteiger partial charge in [0.15, 0.2) is 0 Å². The molecule has 20 heavy (non-hydrogen) atoms. The van der Waals surface area contributed by atoms with Crippen molar-refractivity contribution < 1.29 is 0 Å². The van der Waals surface area contributed by atoms with Crippen molar-refractivity contribution in [1.29, 1.82) is 0 Å². The van der Waals surface area contributed by atoms with Crippen molar-refractivity contribution in [2.75, 3.05) is 26.9 Å². The van der Waals surface area contributed by atoms with Crippen molar-refractivity contribution in [3.8, 4) is 0 Å². The summed E-state index contributed by atoms with van der Waals surface area (Å²) in [6.45, 7) is 0. The van der Waals surface area contributed by atoms with Crippen molar-refractivity contribution in [3.05, 3.63) is 23.9 Å². The minimum Gasteiger partial charge on any atom is -0.384 e. The first-order chi connectivity index (χ1) is 9.58. The lowest BCUT2D eigenvalue weighted by Gasteiger charge is -2.48. The third-order valence-electron chi connectivity index (χ3n) is 4.89. The molecule has 4 nitrogen and oxygen atoms in total. The monoisotopic (exact) mass is 276 g/mol. The van der Waals surface area contributed by atoms with Crippen LogP contribution in [0, 0.1) is 0 Å². The third-order valence-corrected chi connectivity index (χ3v) is 4.89. The van der Waals surface area contributed by atoms with E-state index in [1.165, 1.54) is 37.7 Å². The van der Waals surface area contributed by atoms with Gasteiger partial charge in [-0.3, -0.25) is 0 Å². The van der Waals surface area contributed by atoms with Crippen molar-refractivity contribution in [3.63, 3.8) is 0 Å². The molecule has 0 saturated heterocycles.